The normalized spacial score (nSPS) is 15.2. The average Bonchev–Trinajstić information content (AvgIpc) is 2.78. The van der Waals surface area contributed by atoms with Gasteiger partial charge in [-0.3, -0.25) is 4.79 Å². The van der Waals surface area contributed by atoms with E-state index in [9.17, 15) is 18.0 Å². The van der Waals surface area contributed by atoms with E-state index in [4.69, 9.17) is 4.74 Å². The zero-order chi connectivity index (χ0) is 24.2. The molecule has 0 saturated carbocycles. The van der Waals surface area contributed by atoms with E-state index in [1.807, 2.05) is 26.8 Å². The first-order valence-corrected chi connectivity index (χ1v) is 11.1. The Hall–Kier alpha value is -3.06. The summed E-state index contributed by atoms with van der Waals surface area (Å²) < 4.78 is 44.1. The lowest BCUT2D eigenvalue weighted by molar-refractivity contribution is -0.137. The van der Waals surface area contributed by atoms with Crippen molar-refractivity contribution in [3.8, 4) is 11.5 Å². The van der Waals surface area contributed by atoms with Crippen molar-refractivity contribution in [2.24, 2.45) is 5.92 Å². The van der Waals surface area contributed by atoms with Crippen LogP contribution >= 0.6 is 0 Å². The number of alkyl halides is 3. The molecule has 1 N–H and O–H groups in total. The van der Waals surface area contributed by atoms with Gasteiger partial charge in [0, 0.05) is 36.0 Å². The molecule has 1 atom stereocenters. The quantitative estimate of drug-likeness (QED) is 0.484. The number of hydrogen-bond acceptors (Lipinski definition) is 3. The minimum Gasteiger partial charge on any atom is -0.457 e. The summed E-state index contributed by atoms with van der Waals surface area (Å²) in [5, 5.41) is 4.65. The summed E-state index contributed by atoms with van der Waals surface area (Å²) in [5.74, 6) is 1.15. The Morgan fingerprint density at radius 2 is 1.73 bits per heavy atom. The third-order valence-electron chi connectivity index (χ3n) is 5.67. The predicted octanol–water partition coefficient (Wildman–Crippen LogP) is 6.36. The highest BCUT2D eigenvalue weighted by Gasteiger charge is 2.30. The van der Waals surface area contributed by atoms with Crippen molar-refractivity contribution in [1.82, 2.24) is 10.2 Å². The maximum Gasteiger partial charge on any atom is 0.416 e. The molecule has 0 aliphatic carbocycles. The molecule has 1 amide bonds. The van der Waals surface area contributed by atoms with E-state index in [1.54, 1.807) is 30.3 Å². The molecule has 0 aromatic heterocycles. The van der Waals surface area contributed by atoms with Crippen LogP contribution in [0.25, 0.3) is 10.8 Å². The fourth-order valence-corrected chi connectivity index (χ4v) is 3.79. The number of hydrogen-bond donors (Lipinski definition) is 1. The van der Waals surface area contributed by atoms with Crippen molar-refractivity contribution < 1.29 is 22.7 Å². The van der Waals surface area contributed by atoms with E-state index in [0.717, 1.165) is 36.0 Å². The molecule has 1 aliphatic rings. The Kier molecular flexibility index (Phi) is 7.64. The van der Waals surface area contributed by atoms with Crippen molar-refractivity contribution in [3.05, 3.63) is 71.8 Å². The number of nitrogens with zero attached hydrogens (tertiary/aromatic N) is 1. The number of likely N-dealkylation sites (tertiary alicyclic amines) is 1. The van der Waals surface area contributed by atoms with Gasteiger partial charge in [0.05, 0.1) is 5.56 Å². The van der Waals surface area contributed by atoms with Crippen molar-refractivity contribution in [1.29, 1.82) is 0 Å². The van der Waals surface area contributed by atoms with Crippen LogP contribution in [0.1, 0.15) is 36.7 Å². The van der Waals surface area contributed by atoms with Gasteiger partial charge in [0.2, 0.25) is 0 Å². The van der Waals surface area contributed by atoms with Crippen LogP contribution in [-0.4, -0.2) is 37.0 Å². The van der Waals surface area contributed by atoms with E-state index < -0.39 is 11.7 Å². The summed E-state index contributed by atoms with van der Waals surface area (Å²) in [5.41, 5.74) is -0.171. The van der Waals surface area contributed by atoms with E-state index >= 15 is 0 Å². The minimum atomic E-state index is -4.39. The predicted molar refractivity (Wildman–Crippen MR) is 125 cm³/mol. The first-order valence-electron chi connectivity index (χ1n) is 11.1. The highest BCUT2D eigenvalue weighted by atomic mass is 19.4. The third-order valence-corrected chi connectivity index (χ3v) is 5.67. The van der Waals surface area contributed by atoms with Crippen LogP contribution < -0.4 is 10.1 Å². The van der Waals surface area contributed by atoms with E-state index in [2.05, 4.69) is 17.3 Å². The van der Waals surface area contributed by atoms with Gasteiger partial charge in [-0.15, -0.1) is 0 Å². The number of fused-ring (bicyclic) bond motifs is 1. The highest BCUT2D eigenvalue weighted by molar-refractivity contribution is 6.00. The van der Waals surface area contributed by atoms with E-state index in [-0.39, 0.29) is 11.9 Å². The monoisotopic (exact) mass is 458 g/mol. The Morgan fingerprint density at radius 3 is 2.33 bits per heavy atom. The molecule has 0 bridgehead atoms. The average molecular weight is 459 g/mol. The van der Waals surface area contributed by atoms with Gasteiger partial charge in [0.15, 0.2) is 0 Å². The fourth-order valence-electron chi connectivity index (χ4n) is 3.79. The molecule has 0 radical (unpaired) electrons. The molecular formula is C26H29F3N2O2. The minimum absolute atomic E-state index is 0.0914. The van der Waals surface area contributed by atoms with Crippen LogP contribution in [0, 0.1) is 5.92 Å². The SMILES string of the molecule is CC.CC(NC(=O)c1ccc2c(Oc3ccc(C(F)(F)F)cc3)cccc2c1)C1CN(C)C1. The van der Waals surface area contributed by atoms with Crippen LogP contribution in [0.15, 0.2) is 60.7 Å². The first kappa shape index (κ1) is 24.6. The second kappa shape index (κ2) is 10.3. The molecule has 3 aromatic carbocycles. The smallest absolute Gasteiger partial charge is 0.416 e. The molecule has 4 rings (SSSR count). The van der Waals surface area contributed by atoms with Gasteiger partial charge in [-0.2, -0.15) is 13.2 Å². The lowest BCUT2D eigenvalue weighted by Crippen LogP contribution is -2.53. The maximum atomic E-state index is 12.7. The second-order valence-electron chi connectivity index (χ2n) is 8.06. The number of halogens is 3. The van der Waals surface area contributed by atoms with Crippen LogP contribution in [0.3, 0.4) is 0 Å². The van der Waals surface area contributed by atoms with Crippen molar-refractivity contribution in [3.63, 3.8) is 0 Å². The molecule has 1 saturated heterocycles. The van der Waals surface area contributed by atoms with Crippen molar-refractivity contribution in [2.45, 2.75) is 33.0 Å². The molecule has 176 valence electrons. The number of amides is 1. The summed E-state index contributed by atoms with van der Waals surface area (Å²) in [6, 6.07) is 15.4. The summed E-state index contributed by atoms with van der Waals surface area (Å²) in [7, 11) is 2.05. The standard InChI is InChI=1S/C24H23F3N2O2.C2H6/c1-15(18-13-29(2)14-18)28-23(30)17-6-11-21-16(12-17)4-3-5-22(21)31-20-9-7-19(8-10-20)24(25,26)27;1-2/h3-12,15,18H,13-14H2,1-2H3,(H,28,30);1-2H3. The summed E-state index contributed by atoms with van der Waals surface area (Å²) in [4.78, 5) is 14.9. The lowest BCUT2D eigenvalue weighted by Gasteiger charge is -2.40. The summed E-state index contributed by atoms with van der Waals surface area (Å²) in [6.07, 6.45) is -4.39. The maximum absolute atomic E-state index is 12.7. The number of carbonyl (C=O) groups is 1. The Balaban J connectivity index is 0.00000149. The van der Waals surface area contributed by atoms with Gasteiger partial charge in [-0.05, 0) is 67.9 Å². The van der Waals surface area contributed by atoms with Gasteiger partial charge in [-0.25, -0.2) is 0 Å². The molecule has 4 nitrogen and oxygen atoms in total. The summed E-state index contributed by atoms with van der Waals surface area (Å²) in [6.45, 7) is 7.97. The molecule has 7 heteroatoms. The second-order valence-corrected chi connectivity index (χ2v) is 8.06. The molecular weight excluding hydrogens is 429 g/mol. The lowest BCUT2D eigenvalue weighted by atomic mass is 9.93. The number of benzene rings is 3. The van der Waals surface area contributed by atoms with Crippen LogP contribution in [0.4, 0.5) is 13.2 Å². The largest absolute Gasteiger partial charge is 0.457 e. The number of ether oxygens (including phenoxy) is 1. The third kappa shape index (κ3) is 5.85. The molecule has 3 aromatic rings. The first-order chi connectivity index (χ1) is 15.7. The Bertz CT molecular complexity index is 1090. The van der Waals surface area contributed by atoms with Crippen LogP contribution in [-0.2, 0) is 6.18 Å². The van der Waals surface area contributed by atoms with Gasteiger partial charge in [0.1, 0.15) is 11.5 Å². The topological polar surface area (TPSA) is 41.6 Å². The van der Waals surface area contributed by atoms with Crippen LogP contribution in [0.2, 0.25) is 0 Å². The highest BCUT2D eigenvalue weighted by Crippen LogP contribution is 2.33. The van der Waals surface area contributed by atoms with Crippen molar-refractivity contribution >= 4 is 16.7 Å². The number of carbonyl (C=O) groups excluding carboxylic acids is 1. The van der Waals surface area contributed by atoms with Crippen LogP contribution in [0.5, 0.6) is 11.5 Å². The van der Waals surface area contributed by atoms with Crippen molar-refractivity contribution in [2.75, 3.05) is 20.1 Å². The molecule has 1 fully saturated rings. The summed E-state index contributed by atoms with van der Waals surface area (Å²) >= 11 is 0. The van der Waals surface area contributed by atoms with Gasteiger partial charge < -0.3 is 15.0 Å². The molecule has 1 heterocycles. The molecule has 1 aliphatic heterocycles. The van der Waals surface area contributed by atoms with Gasteiger partial charge in [-0.1, -0.05) is 26.0 Å². The fraction of sp³-hybridized carbons (Fsp3) is 0.346. The van der Waals surface area contributed by atoms with E-state index in [1.165, 1.54) is 12.1 Å². The molecule has 1 unspecified atom stereocenters. The van der Waals surface area contributed by atoms with Gasteiger partial charge >= 0.3 is 6.18 Å². The Labute approximate surface area is 192 Å². The number of nitrogens with one attached hydrogen (secondary N) is 1. The van der Waals surface area contributed by atoms with Gasteiger partial charge in [0.25, 0.3) is 5.91 Å². The number of rotatable bonds is 5. The zero-order valence-electron chi connectivity index (χ0n) is 19.2. The Morgan fingerprint density at radius 1 is 1.06 bits per heavy atom. The molecule has 0 spiro atoms. The van der Waals surface area contributed by atoms with E-state index in [0.29, 0.717) is 23.0 Å². The zero-order valence-corrected chi connectivity index (χ0v) is 19.2. The molecule has 33 heavy (non-hydrogen) atoms.